The molecule has 0 spiro atoms. The minimum atomic E-state index is -1.10. The van der Waals surface area contributed by atoms with Crippen LogP contribution in [0.1, 0.15) is 68.3 Å². The third kappa shape index (κ3) is 6.54. The highest BCUT2D eigenvalue weighted by molar-refractivity contribution is 5.95. The van der Waals surface area contributed by atoms with E-state index >= 15 is 0 Å². The molecule has 2 aromatic rings. The third-order valence-corrected chi connectivity index (χ3v) is 8.37. The number of nitrogens with zero attached hydrogens (tertiary/aromatic N) is 3. The molecule has 0 bridgehead atoms. The number of amides is 1. The standard InChI is InChI=1S/C31H40FN3O3/c1-3-31(32,4-2)22-34-16-13-23(14-17-34)21-38-29-12-11-26(18-27(29)19-33)24-7-9-25(10-8-24)30(37)35-15-5-6-28(35)20-36/h7-12,18,23,28,36H,3-6,13-17,20-22H2,1-2H3. The van der Waals surface area contributed by atoms with E-state index in [2.05, 4.69) is 11.0 Å². The summed E-state index contributed by atoms with van der Waals surface area (Å²) in [5.74, 6) is 0.912. The third-order valence-electron chi connectivity index (χ3n) is 8.37. The average molecular weight is 522 g/mol. The van der Waals surface area contributed by atoms with Crippen molar-refractivity contribution >= 4 is 5.91 Å². The minimum Gasteiger partial charge on any atom is -0.492 e. The Balaban J connectivity index is 1.33. The molecule has 204 valence electrons. The molecule has 2 heterocycles. The molecule has 6 nitrogen and oxygen atoms in total. The van der Waals surface area contributed by atoms with Gasteiger partial charge in [-0.1, -0.05) is 32.0 Å². The smallest absolute Gasteiger partial charge is 0.254 e. The summed E-state index contributed by atoms with van der Waals surface area (Å²) in [5, 5.41) is 19.3. The van der Waals surface area contributed by atoms with Gasteiger partial charge in [-0.25, -0.2) is 4.39 Å². The van der Waals surface area contributed by atoms with Gasteiger partial charge in [0.1, 0.15) is 17.5 Å². The van der Waals surface area contributed by atoms with Gasteiger partial charge in [-0.3, -0.25) is 4.79 Å². The summed E-state index contributed by atoms with van der Waals surface area (Å²) in [6.45, 7) is 7.31. The molecular weight excluding hydrogens is 481 g/mol. The lowest BCUT2D eigenvalue weighted by Crippen LogP contribution is -2.44. The summed E-state index contributed by atoms with van der Waals surface area (Å²) >= 11 is 0. The van der Waals surface area contributed by atoms with Crippen LogP contribution in [0, 0.1) is 17.2 Å². The number of likely N-dealkylation sites (tertiary alicyclic amines) is 2. The normalized spacial score (nSPS) is 18.9. The Kier molecular flexibility index (Phi) is 9.40. The number of ether oxygens (including phenoxy) is 1. The van der Waals surface area contributed by atoms with E-state index in [1.807, 2.05) is 44.2 Å². The van der Waals surface area contributed by atoms with Crippen LogP contribution in [0.25, 0.3) is 11.1 Å². The number of rotatable bonds is 10. The van der Waals surface area contributed by atoms with Crippen LogP contribution >= 0.6 is 0 Å². The summed E-state index contributed by atoms with van der Waals surface area (Å²) in [5.41, 5.74) is 1.79. The second-order valence-electron chi connectivity index (χ2n) is 10.8. The Morgan fingerprint density at radius 3 is 2.39 bits per heavy atom. The Morgan fingerprint density at radius 2 is 1.76 bits per heavy atom. The van der Waals surface area contributed by atoms with Gasteiger partial charge in [0.2, 0.25) is 0 Å². The number of alkyl halides is 1. The predicted octanol–water partition coefficient (Wildman–Crippen LogP) is 5.44. The van der Waals surface area contributed by atoms with E-state index < -0.39 is 5.67 Å². The van der Waals surface area contributed by atoms with E-state index in [1.54, 1.807) is 17.0 Å². The number of hydrogen-bond donors (Lipinski definition) is 1. The highest BCUT2D eigenvalue weighted by Gasteiger charge is 2.31. The van der Waals surface area contributed by atoms with E-state index in [0.29, 0.717) is 55.3 Å². The molecule has 4 rings (SSSR count). The van der Waals surface area contributed by atoms with Crippen molar-refractivity contribution < 1.29 is 19.0 Å². The van der Waals surface area contributed by atoms with Crippen LogP contribution in [0.5, 0.6) is 5.75 Å². The van der Waals surface area contributed by atoms with Crippen molar-refractivity contribution in [3.05, 3.63) is 53.6 Å². The van der Waals surface area contributed by atoms with Crippen LogP contribution in [0.15, 0.2) is 42.5 Å². The SMILES string of the molecule is CCC(F)(CC)CN1CCC(COc2ccc(-c3ccc(C(=O)N4CCCC4CO)cc3)cc2C#N)CC1. The molecule has 38 heavy (non-hydrogen) atoms. The summed E-state index contributed by atoms with van der Waals surface area (Å²) < 4.78 is 20.8. The summed E-state index contributed by atoms with van der Waals surface area (Å²) in [4.78, 5) is 16.8. The average Bonchev–Trinajstić information content (AvgIpc) is 3.45. The molecule has 2 aromatic carbocycles. The highest BCUT2D eigenvalue weighted by Crippen LogP contribution is 2.30. The number of aliphatic hydroxyl groups is 1. The van der Waals surface area contributed by atoms with Crippen molar-refractivity contribution in [3.63, 3.8) is 0 Å². The van der Waals surface area contributed by atoms with Gasteiger partial charge in [0.25, 0.3) is 5.91 Å². The lowest BCUT2D eigenvalue weighted by atomic mass is 9.94. The Bertz CT molecular complexity index is 1120. The lowest BCUT2D eigenvalue weighted by Gasteiger charge is -2.36. The lowest BCUT2D eigenvalue weighted by molar-refractivity contribution is 0.0568. The van der Waals surface area contributed by atoms with Crippen LogP contribution in [-0.4, -0.2) is 71.9 Å². The summed E-state index contributed by atoms with van der Waals surface area (Å²) in [6, 6.07) is 15.2. The second kappa shape index (κ2) is 12.7. The van der Waals surface area contributed by atoms with Gasteiger partial charge in [-0.15, -0.1) is 0 Å². The van der Waals surface area contributed by atoms with E-state index in [9.17, 15) is 19.6 Å². The molecular formula is C31H40FN3O3. The summed E-state index contributed by atoms with van der Waals surface area (Å²) in [6.07, 6.45) is 4.77. The van der Waals surface area contributed by atoms with E-state index in [1.165, 1.54) is 0 Å². The Hall–Kier alpha value is -2.95. The minimum absolute atomic E-state index is 0.00788. The maximum atomic E-state index is 14.8. The fourth-order valence-corrected chi connectivity index (χ4v) is 5.58. The van der Waals surface area contributed by atoms with Crippen molar-refractivity contribution in [2.24, 2.45) is 5.92 Å². The van der Waals surface area contributed by atoms with Gasteiger partial charge < -0.3 is 19.6 Å². The number of carbonyl (C=O) groups excluding carboxylic acids is 1. The summed E-state index contributed by atoms with van der Waals surface area (Å²) in [7, 11) is 0. The van der Waals surface area contributed by atoms with Crippen LogP contribution in [0.2, 0.25) is 0 Å². The van der Waals surface area contributed by atoms with E-state index in [-0.39, 0.29) is 18.6 Å². The van der Waals surface area contributed by atoms with Crippen LogP contribution in [-0.2, 0) is 0 Å². The van der Waals surface area contributed by atoms with E-state index in [4.69, 9.17) is 4.74 Å². The Morgan fingerprint density at radius 1 is 1.08 bits per heavy atom. The molecule has 7 heteroatoms. The van der Waals surface area contributed by atoms with Crippen LogP contribution < -0.4 is 4.74 Å². The number of carbonyl (C=O) groups is 1. The number of nitriles is 1. The molecule has 2 aliphatic heterocycles. The van der Waals surface area contributed by atoms with Gasteiger partial charge in [-0.2, -0.15) is 5.26 Å². The van der Waals surface area contributed by atoms with Crippen LogP contribution in [0.3, 0.4) is 0 Å². The fraction of sp³-hybridized carbons (Fsp3) is 0.548. The molecule has 0 radical (unpaired) electrons. The van der Waals surface area contributed by atoms with Crippen molar-refractivity contribution in [3.8, 4) is 22.9 Å². The molecule has 2 aliphatic rings. The molecule has 1 N–H and O–H groups in total. The topological polar surface area (TPSA) is 76.8 Å². The fourth-order valence-electron chi connectivity index (χ4n) is 5.58. The zero-order chi connectivity index (χ0) is 27.1. The largest absolute Gasteiger partial charge is 0.492 e. The second-order valence-corrected chi connectivity index (χ2v) is 10.8. The quantitative estimate of drug-likeness (QED) is 0.451. The molecule has 2 saturated heterocycles. The number of aliphatic hydroxyl groups excluding tert-OH is 1. The first-order chi connectivity index (χ1) is 18.4. The Labute approximate surface area is 226 Å². The number of hydrogen-bond acceptors (Lipinski definition) is 5. The molecule has 1 atom stereocenters. The number of benzene rings is 2. The van der Waals surface area contributed by atoms with Crippen molar-refractivity contribution in [2.75, 3.05) is 39.4 Å². The molecule has 0 aliphatic carbocycles. The number of halogens is 1. The number of piperidine rings is 1. The molecule has 0 aromatic heterocycles. The van der Waals surface area contributed by atoms with Crippen molar-refractivity contribution in [1.82, 2.24) is 9.80 Å². The maximum Gasteiger partial charge on any atom is 0.254 e. The van der Waals surface area contributed by atoms with Gasteiger partial charge in [0.15, 0.2) is 0 Å². The monoisotopic (exact) mass is 521 g/mol. The maximum absolute atomic E-state index is 14.8. The zero-order valence-corrected chi connectivity index (χ0v) is 22.7. The van der Waals surface area contributed by atoms with Gasteiger partial charge in [-0.05, 0) is 92.9 Å². The van der Waals surface area contributed by atoms with Gasteiger partial charge in [0.05, 0.1) is 24.8 Å². The first-order valence-electron chi connectivity index (χ1n) is 14.0. The molecule has 1 unspecified atom stereocenters. The van der Waals surface area contributed by atoms with Crippen molar-refractivity contribution in [1.29, 1.82) is 5.26 Å². The highest BCUT2D eigenvalue weighted by atomic mass is 19.1. The van der Waals surface area contributed by atoms with Crippen molar-refractivity contribution in [2.45, 2.75) is 64.1 Å². The zero-order valence-electron chi connectivity index (χ0n) is 22.7. The van der Waals surface area contributed by atoms with Gasteiger partial charge >= 0.3 is 0 Å². The molecule has 1 amide bonds. The first-order valence-corrected chi connectivity index (χ1v) is 14.0. The molecule has 2 fully saturated rings. The van der Waals surface area contributed by atoms with E-state index in [0.717, 1.165) is 49.9 Å². The first kappa shape index (κ1) is 28.1. The van der Waals surface area contributed by atoms with Crippen LogP contribution in [0.4, 0.5) is 4.39 Å². The predicted molar refractivity (Wildman–Crippen MR) is 147 cm³/mol. The molecule has 0 saturated carbocycles. The van der Waals surface area contributed by atoms with Gasteiger partial charge in [0, 0.05) is 18.7 Å².